The van der Waals surface area contributed by atoms with E-state index in [0.717, 1.165) is 18.9 Å². The fourth-order valence-corrected chi connectivity index (χ4v) is 5.41. The van der Waals surface area contributed by atoms with Gasteiger partial charge in [-0.05, 0) is 61.7 Å². The van der Waals surface area contributed by atoms with Crippen LogP contribution in [0.1, 0.15) is 18.4 Å². The van der Waals surface area contributed by atoms with Crippen molar-refractivity contribution >= 4 is 25.7 Å². The van der Waals surface area contributed by atoms with E-state index in [1.165, 1.54) is 40.7 Å². The summed E-state index contributed by atoms with van der Waals surface area (Å²) in [6, 6.07) is 8.84. The highest BCUT2D eigenvalue weighted by molar-refractivity contribution is 7.92. The summed E-state index contributed by atoms with van der Waals surface area (Å²) in [4.78, 5) is -0.0400. The molecule has 26 heavy (non-hydrogen) atoms. The number of anilines is 1. The van der Waals surface area contributed by atoms with Crippen LogP contribution in [0, 0.1) is 12.7 Å². The van der Waals surface area contributed by atoms with E-state index in [-0.39, 0.29) is 15.5 Å². The van der Waals surface area contributed by atoms with Crippen LogP contribution in [0.5, 0.6) is 0 Å². The predicted molar refractivity (Wildman–Crippen MR) is 96.4 cm³/mol. The first-order valence-corrected chi connectivity index (χ1v) is 11.0. The highest BCUT2D eigenvalue weighted by Gasteiger charge is 2.27. The van der Waals surface area contributed by atoms with E-state index in [1.807, 2.05) is 0 Å². The van der Waals surface area contributed by atoms with Crippen LogP contribution < -0.4 is 4.72 Å². The summed E-state index contributed by atoms with van der Waals surface area (Å²) in [7, 11) is -7.56. The van der Waals surface area contributed by atoms with Crippen molar-refractivity contribution in [3.8, 4) is 0 Å². The Bertz CT molecular complexity index is 1010. The van der Waals surface area contributed by atoms with E-state index in [1.54, 1.807) is 6.92 Å². The molecule has 0 radical (unpaired) electrons. The van der Waals surface area contributed by atoms with Crippen LogP contribution in [0.3, 0.4) is 0 Å². The number of nitrogens with zero attached hydrogens (tertiary/aromatic N) is 1. The standard InChI is InChI=1S/C17H19FN2O4S2/c1-13-4-5-14(18)12-17(13)19-25(21,22)15-6-8-16(9-7-15)26(23,24)20-10-2-3-11-20/h4-9,12,19H,2-3,10-11H2,1H3. The van der Waals surface area contributed by atoms with Gasteiger partial charge >= 0.3 is 0 Å². The van der Waals surface area contributed by atoms with E-state index in [9.17, 15) is 21.2 Å². The molecule has 6 nitrogen and oxygen atoms in total. The van der Waals surface area contributed by atoms with Gasteiger partial charge in [-0.25, -0.2) is 21.2 Å². The number of aryl methyl sites for hydroxylation is 1. The molecule has 3 rings (SSSR count). The molecule has 1 N–H and O–H groups in total. The molecule has 1 heterocycles. The zero-order valence-electron chi connectivity index (χ0n) is 14.1. The van der Waals surface area contributed by atoms with Crippen molar-refractivity contribution in [3.05, 3.63) is 53.8 Å². The molecular formula is C17H19FN2O4S2. The van der Waals surface area contributed by atoms with Crippen molar-refractivity contribution in [2.45, 2.75) is 29.6 Å². The van der Waals surface area contributed by atoms with E-state index in [2.05, 4.69) is 4.72 Å². The van der Waals surface area contributed by atoms with Gasteiger partial charge in [-0.1, -0.05) is 6.07 Å². The zero-order chi connectivity index (χ0) is 18.9. The van der Waals surface area contributed by atoms with Crippen molar-refractivity contribution in [2.75, 3.05) is 17.8 Å². The van der Waals surface area contributed by atoms with Crippen molar-refractivity contribution in [2.24, 2.45) is 0 Å². The molecule has 0 spiro atoms. The molecule has 9 heteroatoms. The molecule has 0 unspecified atom stereocenters. The summed E-state index contributed by atoms with van der Waals surface area (Å²) in [5, 5.41) is 0. The Morgan fingerprint density at radius 1 is 0.923 bits per heavy atom. The minimum atomic E-state index is -3.96. The van der Waals surface area contributed by atoms with Crippen LogP contribution in [-0.4, -0.2) is 34.2 Å². The monoisotopic (exact) mass is 398 g/mol. The van der Waals surface area contributed by atoms with Crippen LogP contribution in [0.15, 0.2) is 52.3 Å². The third kappa shape index (κ3) is 3.74. The number of benzene rings is 2. The van der Waals surface area contributed by atoms with Crippen LogP contribution in [0.25, 0.3) is 0 Å². The average Bonchev–Trinajstić information content (AvgIpc) is 3.13. The molecule has 0 saturated carbocycles. The van der Waals surface area contributed by atoms with Gasteiger partial charge in [-0.15, -0.1) is 0 Å². The van der Waals surface area contributed by atoms with Crippen molar-refractivity contribution in [1.82, 2.24) is 4.31 Å². The first kappa shape index (κ1) is 18.8. The van der Waals surface area contributed by atoms with Gasteiger partial charge in [0.25, 0.3) is 10.0 Å². The molecular weight excluding hydrogens is 379 g/mol. The average molecular weight is 398 g/mol. The lowest BCUT2D eigenvalue weighted by Crippen LogP contribution is -2.27. The molecule has 2 aromatic carbocycles. The number of hydrogen-bond acceptors (Lipinski definition) is 4. The van der Waals surface area contributed by atoms with Crippen LogP contribution in [0.4, 0.5) is 10.1 Å². The van der Waals surface area contributed by atoms with Crippen LogP contribution in [-0.2, 0) is 20.0 Å². The number of sulfonamides is 2. The van der Waals surface area contributed by atoms with Crippen molar-refractivity contribution < 1.29 is 21.2 Å². The molecule has 0 atom stereocenters. The van der Waals surface area contributed by atoms with Gasteiger partial charge in [0.05, 0.1) is 15.5 Å². The Labute approximate surface area is 152 Å². The lowest BCUT2D eigenvalue weighted by Gasteiger charge is -2.16. The molecule has 0 aromatic heterocycles. The Balaban J connectivity index is 1.86. The van der Waals surface area contributed by atoms with Crippen molar-refractivity contribution in [1.29, 1.82) is 0 Å². The third-order valence-electron chi connectivity index (χ3n) is 4.28. The van der Waals surface area contributed by atoms with E-state index < -0.39 is 25.9 Å². The predicted octanol–water partition coefficient (Wildman–Crippen LogP) is 2.72. The van der Waals surface area contributed by atoms with Gasteiger partial charge in [-0.2, -0.15) is 4.31 Å². The SMILES string of the molecule is Cc1ccc(F)cc1NS(=O)(=O)c1ccc(S(=O)(=O)N2CCCC2)cc1. The lowest BCUT2D eigenvalue weighted by molar-refractivity contribution is 0.477. The quantitative estimate of drug-likeness (QED) is 0.839. The van der Waals surface area contributed by atoms with Gasteiger partial charge in [0, 0.05) is 13.1 Å². The van der Waals surface area contributed by atoms with E-state index >= 15 is 0 Å². The van der Waals surface area contributed by atoms with E-state index in [4.69, 9.17) is 0 Å². The molecule has 1 aliphatic rings. The second-order valence-electron chi connectivity index (χ2n) is 6.15. The summed E-state index contributed by atoms with van der Waals surface area (Å²) in [5.74, 6) is -0.555. The largest absolute Gasteiger partial charge is 0.279 e. The normalized spacial score (nSPS) is 15.9. The first-order chi connectivity index (χ1) is 12.2. The molecule has 1 saturated heterocycles. The second-order valence-corrected chi connectivity index (χ2v) is 9.77. The second kappa shape index (κ2) is 6.98. The van der Waals surface area contributed by atoms with Gasteiger partial charge in [0.1, 0.15) is 5.82 Å². The van der Waals surface area contributed by atoms with Gasteiger partial charge in [0.15, 0.2) is 0 Å². The zero-order valence-corrected chi connectivity index (χ0v) is 15.8. The molecule has 0 amide bonds. The molecule has 1 aliphatic heterocycles. The number of halogens is 1. The molecule has 1 fully saturated rings. The Kier molecular flexibility index (Phi) is 5.05. The first-order valence-electron chi connectivity index (χ1n) is 8.09. The van der Waals surface area contributed by atoms with Gasteiger partial charge in [-0.3, -0.25) is 4.72 Å². The molecule has 0 bridgehead atoms. The number of nitrogens with one attached hydrogen (secondary N) is 1. The molecule has 0 aliphatic carbocycles. The van der Waals surface area contributed by atoms with Crippen molar-refractivity contribution in [3.63, 3.8) is 0 Å². The minimum absolute atomic E-state index is 0.0558. The summed E-state index contributed by atoms with van der Waals surface area (Å²) in [6.45, 7) is 2.61. The van der Waals surface area contributed by atoms with E-state index in [0.29, 0.717) is 18.7 Å². The minimum Gasteiger partial charge on any atom is -0.279 e. The van der Waals surface area contributed by atoms with Gasteiger partial charge in [0.2, 0.25) is 10.0 Å². The maximum atomic E-state index is 13.4. The van der Waals surface area contributed by atoms with Crippen LogP contribution >= 0.6 is 0 Å². The highest BCUT2D eigenvalue weighted by atomic mass is 32.2. The fourth-order valence-electron chi connectivity index (χ4n) is 2.78. The maximum absolute atomic E-state index is 13.4. The Morgan fingerprint density at radius 2 is 1.50 bits per heavy atom. The lowest BCUT2D eigenvalue weighted by atomic mass is 10.2. The molecule has 2 aromatic rings. The third-order valence-corrected chi connectivity index (χ3v) is 7.58. The summed E-state index contributed by atoms with van der Waals surface area (Å²) in [5.41, 5.74) is 0.710. The van der Waals surface area contributed by atoms with Gasteiger partial charge < -0.3 is 0 Å². The fraction of sp³-hybridized carbons (Fsp3) is 0.294. The highest BCUT2D eigenvalue weighted by Crippen LogP contribution is 2.24. The summed E-state index contributed by atoms with van der Waals surface area (Å²) < 4.78 is 67.0. The number of rotatable bonds is 5. The number of hydrogen-bond donors (Lipinski definition) is 1. The molecule has 140 valence electrons. The summed E-state index contributed by atoms with van der Waals surface area (Å²) in [6.07, 6.45) is 1.64. The maximum Gasteiger partial charge on any atom is 0.261 e. The summed E-state index contributed by atoms with van der Waals surface area (Å²) >= 11 is 0. The Morgan fingerprint density at radius 3 is 2.12 bits per heavy atom. The van der Waals surface area contributed by atoms with Crippen LogP contribution in [0.2, 0.25) is 0 Å². The Hall–Kier alpha value is -1.97. The topological polar surface area (TPSA) is 83.5 Å². The smallest absolute Gasteiger partial charge is 0.261 e.